The minimum Gasteiger partial charge on any atom is -0.339 e. The number of hydrogen-bond donors (Lipinski definition) is 1. The molecule has 2 amide bonds. The number of sulfonamides is 1. The number of nitrogens with one attached hydrogen (secondary N) is 1. The molecule has 1 aliphatic rings. The van der Waals surface area contributed by atoms with E-state index in [0.717, 1.165) is 34.0 Å². The van der Waals surface area contributed by atoms with Crippen molar-refractivity contribution in [1.82, 2.24) is 4.90 Å². The summed E-state index contributed by atoms with van der Waals surface area (Å²) in [5.41, 5.74) is 2.12. The smallest absolute Gasteiger partial charge is 0.264 e. The van der Waals surface area contributed by atoms with Gasteiger partial charge in [0.05, 0.1) is 21.8 Å². The first kappa shape index (κ1) is 26.8. The van der Waals surface area contributed by atoms with E-state index in [1.54, 1.807) is 77.7 Å². The minimum absolute atomic E-state index is 0.0966. The Morgan fingerprint density at radius 2 is 1.57 bits per heavy atom. The van der Waals surface area contributed by atoms with Crippen molar-refractivity contribution in [2.45, 2.75) is 36.0 Å². The van der Waals surface area contributed by atoms with Gasteiger partial charge < -0.3 is 10.2 Å². The van der Waals surface area contributed by atoms with Gasteiger partial charge in [-0.2, -0.15) is 0 Å². The van der Waals surface area contributed by atoms with E-state index in [4.69, 9.17) is 0 Å². The van der Waals surface area contributed by atoms with Gasteiger partial charge in [0.25, 0.3) is 15.9 Å². The Labute approximate surface area is 222 Å². The summed E-state index contributed by atoms with van der Waals surface area (Å²) in [6.07, 6.45) is 4.94. The van der Waals surface area contributed by atoms with Crippen LogP contribution >= 0.6 is 11.8 Å². The SMILES string of the molecule is CSc1ccc(S(=O)(=O)N(CC(=O)Nc2ccccc2C(=O)N2CCCCC2)c2ccc(C)cc2)cc1. The molecule has 37 heavy (non-hydrogen) atoms. The molecule has 1 N–H and O–H groups in total. The third kappa shape index (κ3) is 6.34. The van der Waals surface area contributed by atoms with Gasteiger partial charge in [-0.15, -0.1) is 11.8 Å². The molecule has 0 aromatic heterocycles. The topological polar surface area (TPSA) is 86.8 Å². The zero-order valence-corrected chi connectivity index (χ0v) is 22.6. The molecule has 0 unspecified atom stereocenters. The molecular weight excluding hydrogens is 506 g/mol. The zero-order chi connectivity index (χ0) is 26.4. The standard InChI is InChI=1S/C28H31N3O4S2/c1-21-10-12-22(13-11-21)31(37(34,35)24-16-14-23(36-2)15-17-24)20-27(32)29-26-9-5-4-8-25(26)28(33)30-18-6-3-7-19-30/h4-5,8-17H,3,6-7,18-20H2,1-2H3,(H,29,32). The summed E-state index contributed by atoms with van der Waals surface area (Å²) in [4.78, 5) is 29.2. The largest absolute Gasteiger partial charge is 0.339 e. The summed E-state index contributed by atoms with van der Waals surface area (Å²) in [7, 11) is -4.03. The third-order valence-corrected chi connectivity index (χ3v) is 8.86. The molecule has 0 aliphatic carbocycles. The van der Waals surface area contributed by atoms with Gasteiger partial charge in [0, 0.05) is 18.0 Å². The highest BCUT2D eigenvalue weighted by atomic mass is 32.2. The highest BCUT2D eigenvalue weighted by Crippen LogP contribution is 2.26. The number of rotatable bonds is 8. The fourth-order valence-electron chi connectivity index (χ4n) is 4.27. The number of hydrogen-bond acceptors (Lipinski definition) is 5. The van der Waals surface area contributed by atoms with Crippen LogP contribution in [0.15, 0.2) is 82.6 Å². The molecule has 0 atom stereocenters. The van der Waals surface area contributed by atoms with Crippen LogP contribution in [0.4, 0.5) is 11.4 Å². The van der Waals surface area contributed by atoms with E-state index in [1.807, 2.05) is 13.2 Å². The van der Waals surface area contributed by atoms with Crippen LogP contribution in [-0.2, 0) is 14.8 Å². The van der Waals surface area contributed by atoms with Crippen LogP contribution in [-0.4, -0.2) is 51.0 Å². The molecule has 3 aromatic rings. The Bertz CT molecular complexity index is 1350. The van der Waals surface area contributed by atoms with E-state index in [-0.39, 0.29) is 10.8 Å². The second kappa shape index (κ2) is 11.8. The van der Waals surface area contributed by atoms with Crippen molar-refractivity contribution in [2.24, 2.45) is 0 Å². The van der Waals surface area contributed by atoms with E-state index in [9.17, 15) is 18.0 Å². The maximum absolute atomic E-state index is 13.7. The lowest BCUT2D eigenvalue weighted by molar-refractivity contribution is -0.114. The van der Waals surface area contributed by atoms with Gasteiger partial charge in [-0.1, -0.05) is 29.8 Å². The van der Waals surface area contributed by atoms with Gasteiger partial charge in [0.1, 0.15) is 6.54 Å². The van der Waals surface area contributed by atoms with Crippen LogP contribution in [0.1, 0.15) is 35.2 Å². The molecule has 1 aliphatic heterocycles. The van der Waals surface area contributed by atoms with Gasteiger partial charge in [-0.3, -0.25) is 13.9 Å². The van der Waals surface area contributed by atoms with Crippen LogP contribution in [0, 0.1) is 6.92 Å². The van der Waals surface area contributed by atoms with Crippen LogP contribution < -0.4 is 9.62 Å². The van der Waals surface area contributed by atoms with Gasteiger partial charge in [-0.05, 0) is 81.0 Å². The first-order chi connectivity index (χ1) is 17.8. The first-order valence-corrected chi connectivity index (χ1v) is 14.9. The molecule has 7 nitrogen and oxygen atoms in total. The van der Waals surface area contributed by atoms with E-state index >= 15 is 0 Å². The molecule has 1 fully saturated rings. The number of para-hydroxylation sites is 1. The van der Waals surface area contributed by atoms with Gasteiger partial charge in [0.2, 0.25) is 5.91 Å². The lowest BCUT2D eigenvalue weighted by atomic mass is 10.1. The Morgan fingerprint density at radius 3 is 2.22 bits per heavy atom. The van der Waals surface area contributed by atoms with Gasteiger partial charge in [-0.25, -0.2) is 8.42 Å². The van der Waals surface area contributed by atoms with Crippen molar-refractivity contribution < 1.29 is 18.0 Å². The van der Waals surface area contributed by atoms with Crippen molar-refractivity contribution in [3.8, 4) is 0 Å². The van der Waals surface area contributed by atoms with Crippen molar-refractivity contribution >= 4 is 45.0 Å². The predicted octanol–water partition coefficient (Wildman–Crippen LogP) is 5.18. The number of likely N-dealkylation sites (tertiary alicyclic amines) is 1. The van der Waals surface area contributed by atoms with Crippen LogP contribution in [0.25, 0.3) is 0 Å². The average Bonchev–Trinajstić information content (AvgIpc) is 2.92. The van der Waals surface area contributed by atoms with Crippen molar-refractivity contribution in [2.75, 3.05) is 35.5 Å². The maximum atomic E-state index is 13.7. The van der Waals surface area contributed by atoms with Crippen LogP contribution in [0.5, 0.6) is 0 Å². The van der Waals surface area contributed by atoms with E-state index in [2.05, 4.69) is 5.32 Å². The number of piperidine rings is 1. The molecular formula is C28H31N3O4S2. The fraction of sp³-hybridized carbons (Fsp3) is 0.286. The summed E-state index contributed by atoms with van der Waals surface area (Å²) in [6.45, 7) is 2.85. The third-order valence-electron chi connectivity index (χ3n) is 6.33. The normalized spacial score (nSPS) is 13.7. The number of carbonyl (C=O) groups is 2. The molecule has 1 saturated heterocycles. The average molecular weight is 538 g/mol. The highest BCUT2D eigenvalue weighted by molar-refractivity contribution is 7.98. The molecule has 9 heteroatoms. The summed E-state index contributed by atoms with van der Waals surface area (Å²) >= 11 is 1.52. The fourth-order valence-corrected chi connectivity index (χ4v) is 6.10. The summed E-state index contributed by atoms with van der Waals surface area (Å²) < 4.78 is 28.4. The van der Waals surface area contributed by atoms with Crippen molar-refractivity contribution in [1.29, 1.82) is 0 Å². The van der Waals surface area contributed by atoms with Crippen LogP contribution in [0.3, 0.4) is 0 Å². The van der Waals surface area contributed by atoms with E-state index in [1.165, 1.54) is 11.8 Å². The Hall–Kier alpha value is -3.30. The summed E-state index contributed by atoms with van der Waals surface area (Å²) in [5, 5.41) is 2.79. The first-order valence-electron chi connectivity index (χ1n) is 12.2. The number of thioether (sulfide) groups is 1. The number of nitrogens with zero attached hydrogens (tertiary/aromatic N) is 2. The second-order valence-corrected chi connectivity index (χ2v) is 11.7. The number of carbonyl (C=O) groups excluding carboxylic acids is 2. The summed E-state index contributed by atoms with van der Waals surface area (Å²) in [6, 6.07) is 20.4. The van der Waals surface area contributed by atoms with Gasteiger partial charge in [0.15, 0.2) is 0 Å². The van der Waals surface area contributed by atoms with Crippen molar-refractivity contribution in [3.63, 3.8) is 0 Å². The second-order valence-electron chi connectivity index (χ2n) is 8.97. The van der Waals surface area contributed by atoms with Crippen LogP contribution in [0.2, 0.25) is 0 Å². The highest BCUT2D eigenvalue weighted by Gasteiger charge is 2.28. The predicted molar refractivity (Wildman–Crippen MR) is 149 cm³/mol. The number of aryl methyl sites for hydroxylation is 1. The monoisotopic (exact) mass is 537 g/mol. The number of amides is 2. The maximum Gasteiger partial charge on any atom is 0.264 e. The quantitative estimate of drug-likeness (QED) is 0.400. The molecule has 0 radical (unpaired) electrons. The van der Waals surface area contributed by atoms with Crippen molar-refractivity contribution in [3.05, 3.63) is 83.9 Å². The lowest BCUT2D eigenvalue weighted by Crippen LogP contribution is -2.39. The molecule has 194 valence electrons. The molecule has 0 saturated carbocycles. The van der Waals surface area contributed by atoms with E-state index in [0.29, 0.717) is 30.0 Å². The minimum atomic E-state index is -4.03. The number of benzene rings is 3. The van der Waals surface area contributed by atoms with Gasteiger partial charge >= 0.3 is 0 Å². The Morgan fingerprint density at radius 1 is 0.919 bits per heavy atom. The van der Waals surface area contributed by atoms with E-state index < -0.39 is 22.5 Å². The molecule has 3 aromatic carbocycles. The Balaban J connectivity index is 1.61. The molecule has 0 spiro atoms. The lowest BCUT2D eigenvalue weighted by Gasteiger charge is -2.28. The number of anilines is 2. The Kier molecular flexibility index (Phi) is 8.56. The molecule has 1 heterocycles. The summed E-state index contributed by atoms with van der Waals surface area (Å²) in [5.74, 6) is -0.670. The molecule has 4 rings (SSSR count). The zero-order valence-electron chi connectivity index (χ0n) is 21.0. The molecule has 0 bridgehead atoms.